The van der Waals surface area contributed by atoms with E-state index in [2.05, 4.69) is 10.8 Å². The monoisotopic (exact) mass is 553 g/mol. The van der Waals surface area contributed by atoms with Gasteiger partial charge in [0.1, 0.15) is 23.8 Å². The van der Waals surface area contributed by atoms with E-state index in [-0.39, 0.29) is 17.3 Å². The van der Waals surface area contributed by atoms with Gasteiger partial charge in [-0.25, -0.2) is 13.6 Å². The first kappa shape index (κ1) is 27.4. The topological polar surface area (TPSA) is 79.5 Å². The number of urea groups is 1. The second-order valence-electron chi connectivity index (χ2n) is 7.35. The summed E-state index contributed by atoms with van der Waals surface area (Å²) in [5, 5.41) is 5.49. The molecule has 0 aromatic heterocycles. The molecule has 0 heterocycles. The largest absolute Gasteiger partial charge is 0.326 e. The minimum atomic E-state index is -1.22. The van der Waals surface area contributed by atoms with Crippen molar-refractivity contribution in [1.82, 2.24) is 10.8 Å². The van der Waals surface area contributed by atoms with Crippen LogP contribution in [0.2, 0.25) is 15.1 Å². The molecule has 0 aliphatic carbocycles. The van der Waals surface area contributed by atoms with E-state index in [4.69, 9.17) is 39.6 Å². The fourth-order valence-corrected chi connectivity index (χ4v) is 3.84. The van der Waals surface area contributed by atoms with Crippen LogP contribution in [-0.4, -0.2) is 11.9 Å². The molecule has 188 valence electrons. The lowest BCUT2D eigenvalue weighted by molar-refractivity contribution is 0.0645. The number of nitrogens with one attached hydrogen (secondary N) is 3. The Hall–Kier alpha value is -3.17. The molecule has 3 N–H and O–H groups in total. The second kappa shape index (κ2) is 12.7. The van der Waals surface area contributed by atoms with Crippen molar-refractivity contribution in [1.29, 1.82) is 0 Å². The fraction of sp³-hybridized carbons (Fsp3) is 0.120. The summed E-state index contributed by atoms with van der Waals surface area (Å²) in [7, 11) is 0. The van der Waals surface area contributed by atoms with E-state index in [0.29, 0.717) is 26.9 Å². The molecule has 0 unspecified atom stereocenters. The molecule has 36 heavy (non-hydrogen) atoms. The van der Waals surface area contributed by atoms with Gasteiger partial charge in [0.2, 0.25) is 0 Å². The standard InChI is InChI=1S/C25H20Cl3F2N3O3/c1-2-4-22(17-10-8-15(26)11-19(17)28)33-36-13-14-7-9-16(12-18(14)27)31-25(35)32-24(34)23-20(29)5-3-6-21(23)30/h3-12,33H,2,13H2,1H3,(H2,31,32,34,35). The number of allylic oxidation sites excluding steroid dienone is 1. The molecule has 11 heteroatoms. The van der Waals surface area contributed by atoms with E-state index in [0.717, 1.165) is 24.6 Å². The van der Waals surface area contributed by atoms with Crippen molar-refractivity contribution in [3.8, 4) is 0 Å². The Kier molecular flexibility index (Phi) is 9.66. The zero-order valence-electron chi connectivity index (χ0n) is 18.8. The van der Waals surface area contributed by atoms with Crippen LogP contribution in [0.4, 0.5) is 19.3 Å². The number of anilines is 1. The van der Waals surface area contributed by atoms with E-state index >= 15 is 0 Å². The quantitative estimate of drug-likeness (QED) is 0.254. The number of carbonyl (C=O) groups is 2. The van der Waals surface area contributed by atoms with Crippen molar-refractivity contribution in [2.24, 2.45) is 0 Å². The zero-order chi connectivity index (χ0) is 26.2. The molecule has 3 aromatic rings. The summed E-state index contributed by atoms with van der Waals surface area (Å²) >= 11 is 18.5. The van der Waals surface area contributed by atoms with Gasteiger partial charge < -0.3 is 5.32 Å². The van der Waals surface area contributed by atoms with Crippen LogP contribution in [0.3, 0.4) is 0 Å². The number of amides is 3. The Bertz CT molecular complexity index is 1300. The summed E-state index contributed by atoms with van der Waals surface area (Å²) < 4.78 is 27.4. The van der Waals surface area contributed by atoms with Crippen LogP contribution in [-0.2, 0) is 11.4 Å². The number of rotatable bonds is 8. The van der Waals surface area contributed by atoms with Crippen LogP contribution < -0.4 is 16.1 Å². The fourth-order valence-electron chi connectivity index (χ4n) is 3.10. The smallest absolute Gasteiger partial charge is 0.308 e. The Morgan fingerprint density at radius 1 is 0.972 bits per heavy atom. The molecule has 0 bridgehead atoms. The molecule has 0 aliphatic heterocycles. The van der Waals surface area contributed by atoms with Crippen LogP contribution in [0, 0.1) is 11.6 Å². The van der Waals surface area contributed by atoms with Crippen molar-refractivity contribution < 1.29 is 23.2 Å². The number of carbonyl (C=O) groups excluding carboxylic acids is 2. The minimum absolute atomic E-state index is 0.0720. The number of hydrogen-bond donors (Lipinski definition) is 3. The zero-order valence-corrected chi connectivity index (χ0v) is 21.1. The highest BCUT2D eigenvalue weighted by atomic mass is 35.5. The summed E-state index contributed by atoms with van der Waals surface area (Å²) in [5.74, 6) is -3.39. The Morgan fingerprint density at radius 2 is 1.69 bits per heavy atom. The van der Waals surface area contributed by atoms with Gasteiger partial charge in [-0.1, -0.05) is 59.9 Å². The van der Waals surface area contributed by atoms with Gasteiger partial charge in [0.05, 0.1) is 10.7 Å². The maximum atomic E-state index is 13.7. The number of hydroxylamine groups is 1. The minimum Gasteiger partial charge on any atom is -0.308 e. The van der Waals surface area contributed by atoms with E-state index in [1.54, 1.807) is 24.3 Å². The third-order valence-corrected chi connectivity index (χ3v) is 5.67. The molecule has 3 amide bonds. The maximum Gasteiger partial charge on any atom is 0.326 e. The van der Waals surface area contributed by atoms with Gasteiger partial charge in [-0.3, -0.25) is 20.4 Å². The molecule has 0 atom stereocenters. The molecule has 0 saturated heterocycles. The van der Waals surface area contributed by atoms with Gasteiger partial charge in [-0.2, -0.15) is 0 Å². The lowest BCUT2D eigenvalue weighted by Crippen LogP contribution is -2.35. The highest BCUT2D eigenvalue weighted by Gasteiger charge is 2.19. The van der Waals surface area contributed by atoms with Gasteiger partial charge >= 0.3 is 6.03 Å². The maximum absolute atomic E-state index is 13.7. The normalized spacial score (nSPS) is 11.2. The first-order valence-electron chi connectivity index (χ1n) is 10.6. The van der Waals surface area contributed by atoms with Gasteiger partial charge in [0, 0.05) is 21.3 Å². The summed E-state index contributed by atoms with van der Waals surface area (Å²) in [6, 6.07) is 11.6. The first-order valence-corrected chi connectivity index (χ1v) is 11.7. The number of hydrogen-bond acceptors (Lipinski definition) is 4. The van der Waals surface area contributed by atoms with Crippen molar-refractivity contribution in [2.75, 3.05) is 5.32 Å². The third-order valence-electron chi connectivity index (χ3n) is 4.77. The average Bonchev–Trinajstić information content (AvgIpc) is 2.80. The molecular weight excluding hydrogens is 535 g/mol. The lowest BCUT2D eigenvalue weighted by Gasteiger charge is -2.14. The van der Waals surface area contributed by atoms with Crippen molar-refractivity contribution in [3.05, 3.63) is 104 Å². The van der Waals surface area contributed by atoms with Gasteiger partial charge in [-0.15, -0.1) is 0 Å². The van der Waals surface area contributed by atoms with Crippen molar-refractivity contribution in [3.63, 3.8) is 0 Å². The third kappa shape index (κ3) is 7.18. The van der Waals surface area contributed by atoms with E-state index in [1.165, 1.54) is 12.1 Å². The van der Waals surface area contributed by atoms with E-state index in [9.17, 15) is 18.4 Å². The lowest BCUT2D eigenvalue weighted by atomic mass is 10.1. The highest BCUT2D eigenvalue weighted by molar-refractivity contribution is 6.35. The second-order valence-corrected chi connectivity index (χ2v) is 8.60. The number of imide groups is 1. The summed E-state index contributed by atoms with van der Waals surface area (Å²) in [5.41, 5.74) is 4.21. The molecule has 0 fully saturated rings. The Morgan fingerprint density at radius 3 is 2.33 bits per heavy atom. The van der Waals surface area contributed by atoms with Gasteiger partial charge in [-0.05, 0) is 54.4 Å². The molecule has 0 radical (unpaired) electrons. The van der Waals surface area contributed by atoms with E-state index < -0.39 is 29.1 Å². The Labute approximate surface area is 221 Å². The molecule has 3 rings (SSSR count). The average molecular weight is 555 g/mol. The van der Waals surface area contributed by atoms with Crippen molar-refractivity contribution in [2.45, 2.75) is 20.0 Å². The molecule has 0 saturated carbocycles. The molecule has 3 aromatic carbocycles. The number of halogens is 5. The Balaban J connectivity index is 1.59. The van der Waals surface area contributed by atoms with Crippen LogP contribution in [0.15, 0.2) is 60.7 Å². The summed E-state index contributed by atoms with van der Waals surface area (Å²) in [6.07, 6.45) is 2.62. The summed E-state index contributed by atoms with van der Waals surface area (Å²) in [6.45, 7) is 2.03. The molecule has 0 spiro atoms. The number of benzene rings is 3. The van der Waals surface area contributed by atoms with Crippen LogP contribution >= 0.6 is 34.8 Å². The van der Waals surface area contributed by atoms with Crippen LogP contribution in [0.5, 0.6) is 0 Å². The van der Waals surface area contributed by atoms with Crippen LogP contribution in [0.25, 0.3) is 5.70 Å². The highest BCUT2D eigenvalue weighted by Crippen LogP contribution is 2.27. The first-order chi connectivity index (χ1) is 17.2. The molecule has 6 nitrogen and oxygen atoms in total. The van der Waals surface area contributed by atoms with Gasteiger partial charge in [0.15, 0.2) is 0 Å². The van der Waals surface area contributed by atoms with Crippen LogP contribution in [0.1, 0.15) is 34.8 Å². The predicted molar refractivity (Wildman–Crippen MR) is 137 cm³/mol. The molecular formula is C25H20Cl3F2N3O3. The van der Waals surface area contributed by atoms with Crippen molar-refractivity contribution >= 4 is 58.1 Å². The predicted octanol–water partition coefficient (Wildman–Crippen LogP) is 7.36. The molecule has 0 aliphatic rings. The van der Waals surface area contributed by atoms with E-state index in [1.807, 2.05) is 18.3 Å². The SMILES string of the molecule is CCC=C(NOCc1ccc(NC(=O)NC(=O)c2c(F)cccc2F)cc1Cl)c1ccc(Cl)cc1Cl. The summed E-state index contributed by atoms with van der Waals surface area (Å²) in [4.78, 5) is 29.8. The van der Waals surface area contributed by atoms with Gasteiger partial charge in [0.25, 0.3) is 5.91 Å².